The molecule has 4 rings (SSSR count). The van der Waals surface area contributed by atoms with Gasteiger partial charge in [-0.05, 0) is 24.1 Å². The molecule has 3 aromatic rings. The fraction of sp³-hybridized carbons (Fsp3) is 0.167. The van der Waals surface area contributed by atoms with Crippen LogP contribution < -0.4 is 4.90 Å². The molecule has 1 aliphatic rings. The fourth-order valence-electron chi connectivity index (χ4n) is 2.98. The maximum absolute atomic E-state index is 12.1. The topological polar surface area (TPSA) is 45.3 Å². The summed E-state index contributed by atoms with van der Waals surface area (Å²) in [5.41, 5.74) is 2.22. The van der Waals surface area contributed by atoms with Crippen LogP contribution in [0.15, 0.2) is 60.7 Å². The van der Waals surface area contributed by atoms with Crippen LogP contribution in [0.1, 0.15) is 5.56 Å². The quantitative estimate of drug-likeness (QED) is 0.799. The number of aromatic nitrogens is 1. The highest BCUT2D eigenvalue weighted by molar-refractivity contribution is 5.94. The van der Waals surface area contributed by atoms with Crippen molar-refractivity contribution in [3.8, 4) is 0 Å². The molecule has 0 aliphatic carbocycles. The molecule has 1 N–H and O–H groups in total. The van der Waals surface area contributed by atoms with Crippen LogP contribution in [-0.4, -0.2) is 23.7 Å². The van der Waals surface area contributed by atoms with Crippen LogP contribution >= 0.6 is 0 Å². The number of carbonyl (C=O) groups is 1. The first kappa shape index (κ1) is 13.0. The smallest absolute Gasteiger partial charge is 0.415 e. The predicted octanol–water partition coefficient (Wildman–Crippen LogP) is 3.74. The third-order valence-corrected chi connectivity index (χ3v) is 4.05. The lowest BCUT2D eigenvalue weighted by molar-refractivity contribution is 0.178. The van der Waals surface area contributed by atoms with E-state index in [1.807, 2.05) is 48.5 Å². The molecule has 1 unspecified atom stereocenters. The van der Waals surface area contributed by atoms with Crippen molar-refractivity contribution < 1.29 is 9.53 Å². The minimum Gasteiger partial charge on any atom is -0.447 e. The summed E-state index contributed by atoms with van der Waals surface area (Å²) in [5.74, 6) is 0.796. The Morgan fingerprint density at radius 3 is 2.68 bits per heavy atom. The molecular weight excluding hydrogens is 276 g/mol. The van der Waals surface area contributed by atoms with E-state index in [-0.39, 0.29) is 12.1 Å². The molecule has 1 amide bonds. The van der Waals surface area contributed by atoms with Gasteiger partial charge in [0.25, 0.3) is 0 Å². The molecule has 0 spiro atoms. The monoisotopic (exact) mass is 292 g/mol. The molecule has 2 aromatic carbocycles. The Morgan fingerprint density at radius 1 is 1.09 bits per heavy atom. The maximum atomic E-state index is 12.1. The van der Waals surface area contributed by atoms with Gasteiger partial charge in [0.05, 0.1) is 6.04 Å². The van der Waals surface area contributed by atoms with Crippen LogP contribution in [0.3, 0.4) is 0 Å². The summed E-state index contributed by atoms with van der Waals surface area (Å²) in [7, 11) is 0. The van der Waals surface area contributed by atoms with Gasteiger partial charge in [0.15, 0.2) is 0 Å². The molecule has 2 heterocycles. The van der Waals surface area contributed by atoms with E-state index in [1.165, 1.54) is 5.56 Å². The molecule has 0 radical (unpaired) electrons. The second-order valence-electron chi connectivity index (χ2n) is 5.53. The van der Waals surface area contributed by atoms with E-state index in [4.69, 9.17) is 4.74 Å². The number of ether oxygens (including phenoxy) is 1. The number of aromatic amines is 1. The highest BCUT2D eigenvalue weighted by Gasteiger charge is 2.35. The van der Waals surface area contributed by atoms with Gasteiger partial charge in [0.2, 0.25) is 0 Å². The Labute approximate surface area is 128 Å². The van der Waals surface area contributed by atoms with Crippen LogP contribution in [-0.2, 0) is 11.2 Å². The molecule has 1 saturated heterocycles. The van der Waals surface area contributed by atoms with Crippen molar-refractivity contribution in [3.05, 3.63) is 66.2 Å². The molecule has 1 aromatic heterocycles. The number of cyclic esters (lactones) is 1. The lowest BCUT2D eigenvalue weighted by Crippen LogP contribution is -2.35. The number of fused-ring (bicyclic) bond motifs is 1. The normalized spacial score (nSPS) is 17.9. The SMILES string of the molecule is O=C1OCC(Cc2ccccc2)N1c1cc2ccccc2[nH]1. The Bertz CT molecular complexity index is 777. The molecule has 110 valence electrons. The minimum absolute atomic E-state index is 0.0166. The van der Waals surface area contributed by atoms with E-state index in [0.717, 1.165) is 23.1 Å². The average Bonchev–Trinajstić information content (AvgIpc) is 3.11. The molecule has 1 atom stereocenters. The highest BCUT2D eigenvalue weighted by atomic mass is 16.6. The van der Waals surface area contributed by atoms with E-state index in [1.54, 1.807) is 4.90 Å². The Kier molecular flexibility index (Phi) is 3.07. The average molecular weight is 292 g/mol. The van der Waals surface area contributed by atoms with E-state index in [9.17, 15) is 4.79 Å². The zero-order chi connectivity index (χ0) is 14.9. The summed E-state index contributed by atoms with van der Waals surface area (Å²) in [4.78, 5) is 17.2. The maximum Gasteiger partial charge on any atom is 0.415 e. The predicted molar refractivity (Wildman–Crippen MR) is 86.1 cm³/mol. The van der Waals surface area contributed by atoms with Crippen molar-refractivity contribution in [2.45, 2.75) is 12.5 Å². The van der Waals surface area contributed by atoms with Crippen molar-refractivity contribution in [1.29, 1.82) is 0 Å². The number of nitrogens with zero attached hydrogens (tertiary/aromatic N) is 1. The number of amides is 1. The first-order valence-corrected chi connectivity index (χ1v) is 7.39. The van der Waals surface area contributed by atoms with Gasteiger partial charge in [-0.2, -0.15) is 0 Å². The highest BCUT2D eigenvalue weighted by Crippen LogP contribution is 2.28. The zero-order valence-corrected chi connectivity index (χ0v) is 12.0. The third-order valence-electron chi connectivity index (χ3n) is 4.05. The number of benzene rings is 2. The van der Waals surface area contributed by atoms with E-state index >= 15 is 0 Å². The Morgan fingerprint density at radius 2 is 1.86 bits per heavy atom. The van der Waals surface area contributed by atoms with Crippen molar-refractivity contribution in [2.75, 3.05) is 11.5 Å². The first-order valence-electron chi connectivity index (χ1n) is 7.39. The molecule has 22 heavy (non-hydrogen) atoms. The lowest BCUT2D eigenvalue weighted by atomic mass is 10.1. The van der Waals surface area contributed by atoms with Gasteiger partial charge >= 0.3 is 6.09 Å². The van der Waals surface area contributed by atoms with Crippen LogP contribution in [0.5, 0.6) is 0 Å². The number of carbonyl (C=O) groups excluding carboxylic acids is 1. The Hall–Kier alpha value is -2.75. The van der Waals surface area contributed by atoms with Crippen molar-refractivity contribution in [1.82, 2.24) is 4.98 Å². The number of H-pyrrole nitrogens is 1. The summed E-state index contributed by atoms with van der Waals surface area (Å²) in [5, 5.41) is 1.09. The standard InChI is InChI=1S/C18H16N2O2/c21-18-20(17-11-14-8-4-5-9-16(14)19-17)15(12-22-18)10-13-6-2-1-3-7-13/h1-9,11,15,19H,10,12H2. The first-order chi connectivity index (χ1) is 10.8. The third kappa shape index (κ3) is 2.22. The van der Waals surface area contributed by atoms with Crippen LogP contribution in [0.4, 0.5) is 10.6 Å². The van der Waals surface area contributed by atoms with Crippen molar-refractivity contribution >= 4 is 22.8 Å². The van der Waals surface area contributed by atoms with Gasteiger partial charge in [-0.3, -0.25) is 4.90 Å². The fourth-order valence-corrected chi connectivity index (χ4v) is 2.98. The molecule has 0 bridgehead atoms. The van der Waals surface area contributed by atoms with Gasteiger partial charge < -0.3 is 9.72 Å². The summed E-state index contributed by atoms with van der Waals surface area (Å²) in [6.07, 6.45) is 0.495. The van der Waals surface area contributed by atoms with E-state index in [2.05, 4.69) is 17.1 Å². The minimum atomic E-state index is -0.285. The van der Waals surface area contributed by atoms with E-state index in [0.29, 0.717) is 6.61 Å². The van der Waals surface area contributed by atoms with E-state index < -0.39 is 0 Å². The second kappa shape index (κ2) is 5.22. The van der Waals surface area contributed by atoms with Gasteiger partial charge in [-0.25, -0.2) is 4.79 Å². The van der Waals surface area contributed by atoms with Gasteiger partial charge in [0.1, 0.15) is 12.4 Å². The molecule has 1 aliphatic heterocycles. The zero-order valence-electron chi connectivity index (χ0n) is 12.0. The van der Waals surface area contributed by atoms with Crippen LogP contribution in [0.2, 0.25) is 0 Å². The molecule has 4 heteroatoms. The number of hydrogen-bond donors (Lipinski definition) is 1. The molecule has 1 fully saturated rings. The van der Waals surface area contributed by atoms with Gasteiger partial charge in [0, 0.05) is 10.9 Å². The van der Waals surface area contributed by atoms with Crippen molar-refractivity contribution in [2.24, 2.45) is 0 Å². The largest absolute Gasteiger partial charge is 0.447 e. The second-order valence-corrected chi connectivity index (χ2v) is 5.53. The van der Waals surface area contributed by atoms with Crippen molar-refractivity contribution in [3.63, 3.8) is 0 Å². The van der Waals surface area contributed by atoms with Gasteiger partial charge in [-0.1, -0.05) is 48.5 Å². The number of nitrogens with one attached hydrogen (secondary N) is 1. The number of rotatable bonds is 3. The number of anilines is 1. The Balaban J connectivity index is 1.66. The summed E-state index contributed by atoms with van der Waals surface area (Å²) in [6, 6.07) is 20.2. The molecule has 4 nitrogen and oxygen atoms in total. The summed E-state index contributed by atoms with van der Waals surface area (Å²) < 4.78 is 5.27. The van der Waals surface area contributed by atoms with Crippen LogP contribution in [0, 0.1) is 0 Å². The number of para-hydroxylation sites is 1. The van der Waals surface area contributed by atoms with Crippen LogP contribution in [0.25, 0.3) is 10.9 Å². The molecular formula is C18H16N2O2. The molecule has 0 saturated carbocycles. The van der Waals surface area contributed by atoms with Gasteiger partial charge in [-0.15, -0.1) is 0 Å². The number of hydrogen-bond acceptors (Lipinski definition) is 2. The summed E-state index contributed by atoms with van der Waals surface area (Å²) >= 11 is 0. The lowest BCUT2D eigenvalue weighted by Gasteiger charge is -2.19. The summed E-state index contributed by atoms with van der Waals surface area (Å²) in [6.45, 7) is 0.420.